The van der Waals surface area contributed by atoms with Crippen LogP contribution in [0.5, 0.6) is 0 Å². The summed E-state index contributed by atoms with van der Waals surface area (Å²) in [5, 5.41) is 0. The monoisotopic (exact) mass is 261 g/mol. The van der Waals surface area contributed by atoms with Crippen molar-refractivity contribution in [1.29, 1.82) is 0 Å². The fraction of sp³-hybridized carbons (Fsp3) is 0.533. The van der Waals surface area contributed by atoms with E-state index in [4.69, 9.17) is 9.47 Å². The van der Waals surface area contributed by atoms with Crippen molar-refractivity contribution < 1.29 is 14.3 Å². The normalized spacial score (nSPS) is 19.8. The Bertz CT molecular complexity index is 508. The first-order valence-electron chi connectivity index (χ1n) is 6.66. The van der Waals surface area contributed by atoms with Crippen molar-refractivity contribution in [3.8, 4) is 0 Å². The number of hydrogen-bond acceptors (Lipinski definition) is 4. The van der Waals surface area contributed by atoms with E-state index in [0.717, 1.165) is 38.3 Å². The average molecular weight is 261 g/mol. The highest BCUT2D eigenvalue weighted by atomic mass is 16.5. The lowest BCUT2D eigenvalue weighted by molar-refractivity contribution is -0.0954. The molecular weight excluding hydrogens is 242 g/mol. The van der Waals surface area contributed by atoms with E-state index in [2.05, 4.69) is 17.9 Å². The Balaban J connectivity index is 1.86. The Morgan fingerprint density at radius 1 is 1.47 bits per heavy atom. The van der Waals surface area contributed by atoms with Gasteiger partial charge in [0.05, 0.1) is 25.9 Å². The minimum absolute atomic E-state index is 0.239. The van der Waals surface area contributed by atoms with Crippen molar-refractivity contribution in [2.24, 2.45) is 5.41 Å². The topological polar surface area (TPSA) is 38.8 Å². The maximum absolute atomic E-state index is 11.8. The van der Waals surface area contributed by atoms with Gasteiger partial charge in [-0.3, -0.25) is 0 Å². The number of fused-ring (bicyclic) bond motifs is 1. The van der Waals surface area contributed by atoms with Crippen LogP contribution < -0.4 is 4.90 Å². The number of ether oxygens (including phenoxy) is 2. The summed E-state index contributed by atoms with van der Waals surface area (Å²) in [5.74, 6) is -0.239. The van der Waals surface area contributed by atoms with Crippen LogP contribution in [-0.4, -0.2) is 39.4 Å². The predicted molar refractivity (Wildman–Crippen MR) is 72.6 cm³/mol. The zero-order valence-corrected chi connectivity index (χ0v) is 11.4. The van der Waals surface area contributed by atoms with Crippen LogP contribution in [0.25, 0.3) is 0 Å². The Kier molecular flexibility index (Phi) is 2.97. The molecule has 0 N–H and O–H groups in total. The number of carbonyl (C=O) groups is 1. The summed E-state index contributed by atoms with van der Waals surface area (Å²) in [4.78, 5) is 14.1. The lowest BCUT2D eigenvalue weighted by atomic mass is 9.88. The highest BCUT2D eigenvalue weighted by Crippen LogP contribution is 2.35. The molecule has 2 heterocycles. The fourth-order valence-corrected chi connectivity index (χ4v) is 2.97. The first-order chi connectivity index (χ1) is 9.13. The van der Waals surface area contributed by atoms with E-state index in [1.54, 1.807) is 0 Å². The largest absolute Gasteiger partial charge is 0.465 e. The van der Waals surface area contributed by atoms with Crippen molar-refractivity contribution in [2.45, 2.75) is 13.3 Å². The van der Waals surface area contributed by atoms with Gasteiger partial charge in [0, 0.05) is 24.2 Å². The summed E-state index contributed by atoms with van der Waals surface area (Å²) in [7, 11) is 1.43. The van der Waals surface area contributed by atoms with E-state index < -0.39 is 0 Å². The number of carbonyl (C=O) groups excluding carboxylic acids is 1. The van der Waals surface area contributed by atoms with Crippen molar-refractivity contribution in [2.75, 3.05) is 38.3 Å². The van der Waals surface area contributed by atoms with Crippen molar-refractivity contribution in [3.63, 3.8) is 0 Å². The second-order valence-electron chi connectivity index (χ2n) is 5.77. The van der Waals surface area contributed by atoms with Crippen molar-refractivity contribution in [1.82, 2.24) is 0 Å². The molecule has 0 saturated carbocycles. The van der Waals surface area contributed by atoms with Crippen LogP contribution in [0.4, 0.5) is 5.69 Å². The molecule has 4 heteroatoms. The molecule has 1 aromatic rings. The minimum atomic E-state index is -0.239. The number of anilines is 1. The maximum Gasteiger partial charge on any atom is 0.338 e. The SMILES string of the molecule is COC(=O)c1cccc2c1CCN2CC1(C)COC1. The van der Waals surface area contributed by atoms with Gasteiger partial charge in [0.15, 0.2) is 0 Å². The van der Waals surface area contributed by atoms with Gasteiger partial charge in [0.2, 0.25) is 0 Å². The lowest BCUT2D eigenvalue weighted by Gasteiger charge is -2.41. The first-order valence-corrected chi connectivity index (χ1v) is 6.66. The van der Waals surface area contributed by atoms with E-state index in [1.165, 1.54) is 12.8 Å². The van der Waals surface area contributed by atoms with Gasteiger partial charge in [0.25, 0.3) is 0 Å². The zero-order valence-electron chi connectivity index (χ0n) is 11.4. The van der Waals surface area contributed by atoms with Gasteiger partial charge < -0.3 is 14.4 Å². The predicted octanol–water partition coefficient (Wildman–Crippen LogP) is 1.87. The molecule has 0 aromatic heterocycles. The van der Waals surface area contributed by atoms with Crippen LogP contribution in [0.1, 0.15) is 22.8 Å². The van der Waals surface area contributed by atoms with Gasteiger partial charge in [0.1, 0.15) is 0 Å². The van der Waals surface area contributed by atoms with Crippen LogP contribution in [-0.2, 0) is 15.9 Å². The van der Waals surface area contributed by atoms with Gasteiger partial charge in [-0.05, 0) is 24.1 Å². The lowest BCUT2D eigenvalue weighted by Crippen LogP contribution is -2.48. The summed E-state index contributed by atoms with van der Waals surface area (Å²) >= 11 is 0. The van der Waals surface area contributed by atoms with E-state index in [1.807, 2.05) is 12.1 Å². The Morgan fingerprint density at radius 3 is 2.89 bits per heavy atom. The molecule has 0 amide bonds. The average Bonchev–Trinajstić information content (AvgIpc) is 2.79. The molecule has 0 atom stereocenters. The van der Waals surface area contributed by atoms with Gasteiger partial charge in [-0.15, -0.1) is 0 Å². The van der Waals surface area contributed by atoms with Gasteiger partial charge in [-0.1, -0.05) is 13.0 Å². The number of benzene rings is 1. The van der Waals surface area contributed by atoms with E-state index in [9.17, 15) is 4.79 Å². The molecular formula is C15H19NO3. The number of hydrogen-bond donors (Lipinski definition) is 0. The zero-order chi connectivity index (χ0) is 13.5. The molecule has 0 aliphatic carbocycles. The number of rotatable bonds is 3. The number of esters is 1. The first kappa shape index (κ1) is 12.5. The fourth-order valence-electron chi connectivity index (χ4n) is 2.97. The molecule has 2 aliphatic heterocycles. The molecule has 19 heavy (non-hydrogen) atoms. The molecule has 102 valence electrons. The molecule has 2 aliphatic rings. The second-order valence-corrected chi connectivity index (χ2v) is 5.77. The molecule has 1 aromatic carbocycles. The van der Waals surface area contributed by atoms with Crippen LogP contribution in [0.3, 0.4) is 0 Å². The standard InChI is InChI=1S/C15H19NO3/c1-15(9-19-10-15)8-16-7-6-11-12(14(17)18-2)4-3-5-13(11)16/h3-5H,6-10H2,1-2H3. The summed E-state index contributed by atoms with van der Waals surface area (Å²) in [5.41, 5.74) is 3.26. The summed E-state index contributed by atoms with van der Waals surface area (Å²) in [6.07, 6.45) is 0.914. The molecule has 4 nitrogen and oxygen atoms in total. The Hall–Kier alpha value is -1.55. The van der Waals surface area contributed by atoms with Gasteiger partial charge in [-0.2, -0.15) is 0 Å². The summed E-state index contributed by atoms with van der Waals surface area (Å²) < 4.78 is 10.2. The van der Waals surface area contributed by atoms with Crippen molar-refractivity contribution >= 4 is 11.7 Å². The van der Waals surface area contributed by atoms with Gasteiger partial charge in [-0.25, -0.2) is 4.79 Å². The third-order valence-electron chi connectivity index (χ3n) is 4.00. The maximum atomic E-state index is 11.8. The van der Waals surface area contributed by atoms with Crippen molar-refractivity contribution in [3.05, 3.63) is 29.3 Å². The molecule has 0 spiro atoms. The summed E-state index contributed by atoms with van der Waals surface area (Å²) in [6, 6.07) is 5.88. The quantitative estimate of drug-likeness (QED) is 0.779. The molecule has 0 bridgehead atoms. The highest BCUT2D eigenvalue weighted by Gasteiger charge is 2.37. The Labute approximate surface area is 113 Å². The smallest absolute Gasteiger partial charge is 0.338 e. The third kappa shape index (κ3) is 2.10. The number of methoxy groups -OCH3 is 1. The Morgan fingerprint density at radius 2 is 2.26 bits per heavy atom. The molecule has 3 rings (SSSR count). The van der Waals surface area contributed by atoms with E-state index in [-0.39, 0.29) is 11.4 Å². The summed E-state index contributed by atoms with van der Waals surface area (Å²) in [6.45, 7) is 5.87. The van der Waals surface area contributed by atoms with Crippen LogP contribution >= 0.6 is 0 Å². The van der Waals surface area contributed by atoms with Gasteiger partial charge >= 0.3 is 5.97 Å². The molecule has 0 unspecified atom stereocenters. The number of nitrogens with zero attached hydrogens (tertiary/aromatic N) is 1. The third-order valence-corrected chi connectivity index (χ3v) is 4.00. The second kappa shape index (κ2) is 4.53. The van der Waals surface area contributed by atoms with Crippen LogP contribution in [0.2, 0.25) is 0 Å². The van der Waals surface area contributed by atoms with E-state index in [0.29, 0.717) is 5.56 Å². The highest BCUT2D eigenvalue weighted by molar-refractivity contribution is 5.93. The van der Waals surface area contributed by atoms with Crippen LogP contribution in [0.15, 0.2) is 18.2 Å². The van der Waals surface area contributed by atoms with Crippen LogP contribution in [0, 0.1) is 5.41 Å². The molecule has 0 radical (unpaired) electrons. The minimum Gasteiger partial charge on any atom is -0.465 e. The molecule has 1 saturated heterocycles. The molecule has 1 fully saturated rings. The van der Waals surface area contributed by atoms with E-state index >= 15 is 0 Å².